The summed E-state index contributed by atoms with van der Waals surface area (Å²) in [4.78, 5) is 37.6. The third kappa shape index (κ3) is 4.90. The van der Waals surface area contributed by atoms with Gasteiger partial charge in [0.05, 0.1) is 30.1 Å². The van der Waals surface area contributed by atoms with E-state index in [-0.39, 0.29) is 33.3 Å². The Labute approximate surface area is 228 Å². The van der Waals surface area contributed by atoms with E-state index in [0.29, 0.717) is 42.3 Å². The van der Waals surface area contributed by atoms with Crippen molar-refractivity contribution in [3.63, 3.8) is 0 Å². The van der Waals surface area contributed by atoms with Crippen molar-refractivity contribution in [2.75, 3.05) is 18.0 Å². The lowest BCUT2D eigenvalue weighted by atomic mass is 9.98. The molecule has 1 aromatic carbocycles. The summed E-state index contributed by atoms with van der Waals surface area (Å²) in [7, 11) is 0. The fraction of sp³-hybridized carbons (Fsp3) is 0.360. The Bertz CT molecular complexity index is 1520. The standard InChI is InChI=1S/C25H23BrF3N5O3S/c1-13-8-17-20(12-33(13)22(36)14-2-4-19(26)18(9-14)25(27,28)29)31-24(38)34(23(17)37)15-3-5-21(30-10-15)32-7-6-16(35)11-32/h2-5,9-10,13,16,35H,6-8,11-12H2,1H3,(H,31,38). The van der Waals surface area contributed by atoms with Gasteiger partial charge in [-0.15, -0.1) is 0 Å². The Morgan fingerprint density at radius 3 is 2.66 bits per heavy atom. The molecule has 2 N–H and O–H groups in total. The molecule has 1 amide bonds. The number of halogens is 4. The number of benzene rings is 1. The molecule has 0 saturated carbocycles. The highest BCUT2D eigenvalue weighted by Crippen LogP contribution is 2.36. The molecule has 5 rings (SSSR count). The molecule has 0 radical (unpaired) electrons. The van der Waals surface area contributed by atoms with E-state index in [1.807, 2.05) is 4.90 Å². The fourth-order valence-corrected chi connectivity index (χ4v) is 5.67. The number of pyridine rings is 1. The number of carbonyl (C=O) groups excluding carboxylic acids is 1. The summed E-state index contributed by atoms with van der Waals surface area (Å²) >= 11 is 8.36. The number of nitrogens with one attached hydrogen (secondary N) is 1. The Morgan fingerprint density at radius 1 is 1.26 bits per heavy atom. The van der Waals surface area contributed by atoms with Crippen LogP contribution in [0.1, 0.15) is 40.5 Å². The van der Waals surface area contributed by atoms with Crippen LogP contribution in [0.15, 0.2) is 45.8 Å². The van der Waals surface area contributed by atoms with Gasteiger partial charge >= 0.3 is 6.18 Å². The van der Waals surface area contributed by atoms with Crippen molar-refractivity contribution in [2.45, 2.75) is 44.6 Å². The second-order valence-electron chi connectivity index (χ2n) is 9.47. The number of aliphatic hydroxyl groups is 1. The van der Waals surface area contributed by atoms with Crippen molar-refractivity contribution in [1.82, 2.24) is 19.4 Å². The molecule has 2 atom stereocenters. The number of amides is 1. The number of alkyl halides is 3. The summed E-state index contributed by atoms with van der Waals surface area (Å²) in [6.07, 6.45) is -2.59. The molecule has 8 nitrogen and oxygen atoms in total. The lowest BCUT2D eigenvalue weighted by molar-refractivity contribution is -0.138. The van der Waals surface area contributed by atoms with Gasteiger partial charge in [0.15, 0.2) is 4.77 Å². The highest BCUT2D eigenvalue weighted by molar-refractivity contribution is 9.10. The van der Waals surface area contributed by atoms with Crippen LogP contribution in [0.2, 0.25) is 0 Å². The highest BCUT2D eigenvalue weighted by Gasteiger charge is 2.35. The molecule has 2 unspecified atom stereocenters. The largest absolute Gasteiger partial charge is 0.417 e. The number of anilines is 1. The molecule has 38 heavy (non-hydrogen) atoms. The maximum atomic E-state index is 13.5. The molecule has 3 aromatic rings. The van der Waals surface area contributed by atoms with Crippen LogP contribution < -0.4 is 10.5 Å². The minimum Gasteiger partial charge on any atom is -0.391 e. The maximum Gasteiger partial charge on any atom is 0.417 e. The Hall–Kier alpha value is -3.03. The van der Waals surface area contributed by atoms with Gasteiger partial charge in [0.25, 0.3) is 11.5 Å². The smallest absolute Gasteiger partial charge is 0.391 e. The van der Waals surface area contributed by atoms with Crippen molar-refractivity contribution in [2.24, 2.45) is 0 Å². The zero-order valence-electron chi connectivity index (χ0n) is 20.1. The SMILES string of the molecule is CC1Cc2c([nH]c(=S)n(-c3ccc(N4CCC(O)C4)nc3)c2=O)CN1C(=O)c1ccc(Br)c(C(F)(F)F)c1. The number of H-pyrrole nitrogens is 1. The summed E-state index contributed by atoms with van der Waals surface area (Å²) in [6.45, 7) is 2.94. The first kappa shape index (κ1) is 26.6. The van der Waals surface area contributed by atoms with E-state index in [1.54, 1.807) is 25.3 Å². The third-order valence-corrected chi connectivity index (χ3v) is 7.88. The summed E-state index contributed by atoms with van der Waals surface area (Å²) in [6, 6.07) is 6.43. The van der Waals surface area contributed by atoms with Crippen molar-refractivity contribution < 1.29 is 23.1 Å². The molecular formula is C25H23BrF3N5O3S. The van der Waals surface area contributed by atoms with Gasteiger partial charge < -0.3 is 19.9 Å². The number of aliphatic hydroxyl groups excluding tert-OH is 1. The maximum absolute atomic E-state index is 13.5. The molecule has 1 saturated heterocycles. The monoisotopic (exact) mass is 609 g/mol. The number of hydrogen-bond acceptors (Lipinski definition) is 6. The minimum absolute atomic E-state index is 0.000935. The summed E-state index contributed by atoms with van der Waals surface area (Å²) in [5.74, 6) is 0.118. The Balaban J connectivity index is 1.44. The number of carbonyl (C=O) groups is 1. The van der Waals surface area contributed by atoms with E-state index >= 15 is 0 Å². The average molecular weight is 610 g/mol. The van der Waals surface area contributed by atoms with Crippen LogP contribution in [0.5, 0.6) is 0 Å². The lowest BCUT2D eigenvalue weighted by Gasteiger charge is -2.34. The number of nitrogens with zero attached hydrogens (tertiary/aromatic N) is 4. The molecule has 4 heterocycles. The number of rotatable bonds is 3. The van der Waals surface area contributed by atoms with Crippen LogP contribution in [0, 0.1) is 4.77 Å². The van der Waals surface area contributed by atoms with Gasteiger partial charge in [-0.3, -0.25) is 14.2 Å². The quantitative estimate of drug-likeness (QED) is 0.432. The van der Waals surface area contributed by atoms with Crippen LogP contribution in [0.4, 0.5) is 19.0 Å². The molecule has 0 bridgehead atoms. The fourth-order valence-electron chi connectivity index (χ4n) is 4.89. The van der Waals surface area contributed by atoms with Gasteiger partial charge in [-0.05, 0) is 62.3 Å². The van der Waals surface area contributed by atoms with E-state index in [4.69, 9.17) is 12.2 Å². The summed E-state index contributed by atoms with van der Waals surface area (Å²) in [5.41, 5.74) is 0.0101. The first-order valence-corrected chi connectivity index (χ1v) is 13.1. The van der Waals surface area contributed by atoms with E-state index < -0.39 is 29.8 Å². The number of β-amino-alcohol motifs (C(OH)–C–C–N with tert-alkyl or cyclic N) is 1. The molecular weight excluding hydrogens is 587 g/mol. The number of hydrogen-bond donors (Lipinski definition) is 2. The third-order valence-electron chi connectivity index (χ3n) is 6.90. The topological polar surface area (TPSA) is 94.5 Å². The van der Waals surface area contributed by atoms with Gasteiger partial charge in [-0.2, -0.15) is 13.2 Å². The van der Waals surface area contributed by atoms with Gasteiger partial charge in [0.1, 0.15) is 5.82 Å². The molecule has 2 aliphatic heterocycles. The molecule has 0 aliphatic carbocycles. The predicted octanol–water partition coefficient (Wildman–Crippen LogP) is 4.23. The van der Waals surface area contributed by atoms with E-state index in [2.05, 4.69) is 25.9 Å². The Kier molecular flexibility index (Phi) is 6.95. The molecule has 2 aromatic heterocycles. The molecule has 1 fully saturated rings. The van der Waals surface area contributed by atoms with Crippen LogP contribution in [-0.4, -0.2) is 55.7 Å². The Morgan fingerprint density at radius 2 is 2.03 bits per heavy atom. The van der Waals surface area contributed by atoms with Gasteiger partial charge in [-0.25, -0.2) is 4.98 Å². The van der Waals surface area contributed by atoms with Crippen molar-refractivity contribution in [3.8, 4) is 5.69 Å². The summed E-state index contributed by atoms with van der Waals surface area (Å²) < 4.78 is 41.4. The first-order valence-electron chi connectivity index (χ1n) is 11.9. The average Bonchev–Trinajstić information content (AvgIpc) is 3.30. The molecule has 0 spiro atoms. The zero-order chi connectivity index (χ0) is 27.4. The van der Waals surface area contributed by atoms with E-state index in [1.165, 1.54) is 21.6 Å². The van der Waals surface area contributed by atoms with Crippen molar-refractivity contribution >= 4 is 39.9 Å². The van der Waals surface area contributed by atoms with Crippen LogP contribution in [0.3, 0.4) is 0 Å². The van der Waals surface area contributed by atoms with Crippen molar-refractivity contribution in [3.05, 3.63) is 78.5 Å². The van der Waals surface area contributed by atoms with Crippen LogP contribution >= 0.6 is 28.1 Å². The van der Waals surface area contributed by atoms with Crippen LogP contribution in [0.25, 0.3) is 5.69 Å². The van der Waals surface area contributed by atoms with Gasteiger partial charge in [0, 0.05) is 40.4 Å². The molecule has 13 heteroatoms. The lowest BCUT2D eigenvalue weighted by Crippen LogP contribution is -2.45. The predicted molar refractivity (Wildman–Crippen MR) is 140 cm³/mol. The normalized spacial score (nSPS) is 19.5. The van der Waals surface area contributed by atoms with Gasteiger partial charge in [-0.1, -0.05) is 15.9 Å². The van der Waals surface area contributed by atoms with E-state index in [0.717, 1.165) is 6.07 Å². The van der Waals surface area contributed by atoms with E-state index in [9.17, 15) is 27.9 Å². The zero-order valence-corrected chi connectivity index (χ0v) is 22.5. The van der Waals surface area contributed by atoms with Crippen LogP contribution in [-0.2, 0) is 19.1 Å². The number of fused-ring (bicyclic) bond motifs is 1. The summed E-state index contributed by atoms with van der Waals surface area (Å²) in [5, 5.41) is 9.77. The second kappa shape index (κ2) is 9.93. The number of aromatic amines is 1. The minimum atomic E-state index is -4.62. The van der Waals surface area contributed by atoms with Crippen molar-refractivity contribution in [1.29, 1.82) is 0 Å². The molecule has 2 aliphatic rings. The second-order valence-corrected chi connectivity index (χ2v) is 10.7. The van der Waals surface area contributed by atoms with Gasteiger partial charge in [0.2, 0.25) is 0 Å². The highest BCUT2D eigenvalue weighted by atomic mass is 79.9. The first-order chi connectivity index (χ1) is 17.9. The molecule has 200 valence electrons. The number of aromatic nitrogens is 3.